The maximum absolute atomic E-state index is 8.89. The molecule has 0 aliphatic carbocycles. The van der Waals surface area contributed by atoms with Gasteiger partial charge in [-0.1, -0.05) is 0 Å². The van der Waals surface area contributed by atoms with Crippen molar-refractivity contribution in [1.29, 1.82) is 0 Å². The van der Waals surface area contributed by atoms with Crippen molar-refractivity contribution in [2.24, 2.45) is 0 Å². The van der Waals surface area contributed by atoms with Crippen LogP contribution in [0.5, 0.6) is 0 Å². The average molecular weight is 267 g/mol. The summed E-state index contributed by atoms with van der Waals surface area (Å²) in [6.07, 6.45) is 0. The molecular weight excluding hydrogens is 256 g/mol. The zero-order valence-electron chi connectivity index (χ0n) is 6.34. The Morgan fingerprint density at radius 2 is 0.909 bits per heavy atom. The molecule has 0 heterocycles. The van der Waals surface area contributed by atoms with Crippen LogP contribution in [0, 0.1) is 0 Å². The van der Waals surface area contributed by atoms with Gasteiger partial charge in [0.05, 0.1) is 0 Å². The van der Waals surface area contributed by atoms with Crippen molar-refractivity contribution in [3.05, 3.63) is 0 Å². The van der Waals surface area contributed by atoms with Gasteiger partial charge in [-0.15, -0.1) is 0 Å². The van der Waals surface area contributed by atoms with Crippen molar-refractivity contribution in [3.63, 3.8) is 0 Å². The Labute approximate surface area is 84.0 Å². The number of carboxylic acids is 2. The van der Waals surface area contributed by atoms with Gasteiger partial charge in [0.1, 0.15) is 0 Å². The molecule has 0 unspecified atom stereocenters. The van der Waals surface area contributed by atoms with Crippen LogP contribution in [0.25, 0.3) is 0 Å². The molecule has 0 aromatic heterocycles. The first kappa shape index (κ1) is 30.9. The second kappa shape index (κ2) is 22.6. The van der Waals surface area contributed by atoms with Gasteiger partial charge in [-0.05, 0) is 13.8 Å². The molecule has 0 bridgehead atoms. The average Bonchev–Trinajstić information content (AvgIpc) is 1.25. The van der Waals surface area contributed by atoms with E-state index in [2.05, 4.69) is 0 Å². The molecule has 0 amide bonds. The fourth-order valence-electron chi connectivity index (χ4n) is 0. The molecule has 0 saturated carbocycles. The van der Waals surface area contributed by atoms with Crippen LogP contribution in [0.1, 0.15) is 13.8 Å². The van der Waals surface area contributed by atoms with Crippen molar-refractivity contribution in [3.8, 4) is 0 Å². The monoisotopic (exact) mass is 268 g/mol. The van der Waals surface area contributed by atoms with Crippen LogP contribution >= 0.6 is 0 Å². The number of carboxylic acid groups (broad SMARTS) is 2. The minimum Gasteiger partial charge on any atom is -0.550 e. The van der Waals surface area contributed by atoms with Crippen LogP contribution in [0.15, 0.2) is 0 Å². The molecule has 7 heteroatoms. The zero-order chi connectivity index (χ0) is 7.15. The maximum atomic E-state index is 8.89. The Bertz CT molecular complexity index is 72.6. The van der Waals surface area contributed by atoms with Crippen LogP contribution in [0.3, 0.4) is 0 Å². The van der Waals surface area contributed by atoms with E-state index in [9.17, 15) is 0 Å². The Balaban J connectivity index is -0.0000000171. The Hall–Kier alpha value is -0.218. The van der Waals surface area contributed by atoms with Crippen molar-refractivity contribution in [1.82, 2.24) is 0 Å². The second-order valence-electron chi connectivity index (χ2n) is 0.983. The molecule has 0 rings (SSSR count). The van der Waals surface area contributed by atoms with Gasteiger partial charge in [0, 0.05) is 11.9 Å². The minimum absolute atomic E-state index is 0. The Kier molecular flexibility index (Phi) is 63.3. The van der Waals surface area contributed by atoms with Gasteiger partial charge in [0.15, 0.2) is 0 Å². The fraction of sp³-hybridized carbons (Fsp3) is 0.500. The third kappa shape index (κ3) is 12500. The van der Waals surface area contributed by atoms with Gasteiger partial charge >= 0.3 is 27.3 Å². The number of carbonyl (C=O) groups excluding carboxylic acids is 2. The standard InChI is InChI=1S/2C2H4O2.Cd.2H2O/c2*1-2(3)4;;;/h2*1H3,(H,3,4);;2*1H2/q;;+2;;/p-2. The molecule has 0 fully saturated rings. The summed E-state index contributed by atoms with van der Waals surface area (Å²) in [5.41, 5.74) is 0. The predicted octanol–water partition coefficient (Wildman–Crippen LogP) is -4.14. The van der Waals surface area contributed by atoms with Crippen LogP contribution in [0.2, 0.25) is 0 Å². The normalized spacial score (nSPS) is 4.55. The summed E-state index contributed by atoms with van der Waals surface area (Å²) >= 11 is 0. The number of rotatable bonds is 0. The zero-order valence-corrected chi connectivity index (χ0v) is 10.4. The summed E-state index contributed by atoms with van der Waals surface area (Å²) in [6, 6.07) is 0. The fourth-order valence-corrected chi connectivity index (χ4v) is 0. The number of hydrogen-bond donors (Lipinski definition) is 0. The van der Waals surface area contributed by atoms with Gasteiger partial charge in [-0.25, -0.2) is 0 Å². The second-order valence-corrected chi connectivity index (χ2v) is 0.983. The summed E-state index contributed by atoms with van der Waals surface area (Å²) in [7, 11) is 0. The van der Waals surface area contributed by atoms with E-state index in [1.807, 2.05) is 0 Å². The third-order valence-electron chi connectivity index (χ3n) is 0. The first-order chi connectivity index (χ1) is 3.46. The van der Waals surface area contributed by atoms with Gasteiger partial charge < -0.3 is 30.8 Å². The van der Waals surface area contributed by atoms with Gasteiger partial charge in [0.25, 0.3) is 0 Å². The summed E-state index contributed by atoms with van der Waals surface area (Å²) in [6.45, 7) is 1.94. The van der Waals surface area contributed by atoms with Crippen molar-refractivity contribution in [2.45, 2.75) is 13.8 Å². The van der Waals surface area contributed by atoms with Crippen LogP contribution in [-0.4, -0.2) is 22.9 Å². The van der Waals surface area contributed by atoms with Crippen LogP contribution in [-0.2, 0) is 36.9 Å². The molecule has 0 radical (unpaired) electrons. The molecule has 0 aliphatic rings. The summed E-state index contributed by atoms with van der Waals surface area (Å²) in [5, 5.41) is 17.8. The van der Waals surface area contributed by atoms with E-state index in [4.69, 9.17) is 19.8 Å². The summed E-state index contributed by atoms with van der Waals surface area (Å²) in [4.78, 5) is 17.8. The quantitative estimate of drug-likeness (QED) is 0.410. The number of carbonyl (C=O) groups is 2. The molecule has 0 aliphatic heterocycles. The first-order valence-corrected chi connectivity index (χ1v) is 1.82. The van der Waals surface area contributed by atoms with Gasteiger partial charge in [-0.2, -0.15) is 0 Å². The van der Waals surface area contributed by atoms with E-state index >= 15 is 0 Å². The summed E-state index contributed by atoms with van der Waals surface area (Å²) in [5.74, 6) is -2.17. The topological polar surface area (TPSA) is 143 Å². The van der Waals surface area contributed by atoms with E-state index in [-0.39, 0.29) is 38.3 Å². The molecule has 0 atom stereocenters. The third-order valence-corrected chi connectivity index (χ3v) is 0. The van der Waals surface area contributed by atoms with Crippen LogP contribution in [0.4, 0.5) is 0 Å². The van der Waals surface area contributed by atoms with Crippen molar-refractivity contribution >= 4 is 11.9 Å². The molecule has 64 valence electrons. The SMILES string of the molecule is CC(=O)[O-].CC(=O)[O-].O.O.[Cd+2]. The van der Waals surface area contributed by atoms with E-state index < -0.39 is 11.9 Å². The van der Waals surface area contributed by atoms with Crippen LogP contribution < -0.4 is 10.2 Å². The minimum atomic E-state index is -1.08. The molecule has 0 aromatic rings. The molecule has 6 nitrogen and oxygen atoms in total. The molecule has 4 N–H and O–H groups in total. The smallest absolute Gasteiger partial charge is 0.550 e. The Morgan fingerprint density at radius 1 is 0.909 bits per heavy atom. The van der Waals surface area contributed by atoms with E-state index in [1.54, 1.807) is 0 Å². The first-order valence-electron chi connectivity index (χ1n) is 1.82. The maximum Gasteiger partial charge on any atom is 2.00 e. The molecule has 11 heavy (non-hydrogen) atoms. The molecule has 0 saturated heterocycles. The molecule has 0 spiro atoms. The largest absolute Gasteiger partial charge is 2.00 e. The van der Waals surface area contributed by atoms with E-state index in [0.717, 1.165) is 13.8 Å². The predicted molar refractivity (Wildman–Crippen MR) is 28.6 cm³/mol. The molecule has 0 aromatic carbocycles. The Morgan fingerprint density at radius 3 is 0.909 bits per heavy atom. The van der Waals surface area contributed by atoms with Gasteiger partial charge in [-0.3, -0.25) is 0 Å². The van der Waals surface area contributed by atoms with E-state index in [1.165, 1.54) is 0 Å². The summed E-state index contributed by atoms with van der Waals surface area (Å²) < 4.78 is 0. The van der Waals surface area contributed by atoms with Crippen molar-refractivity contribution in [2.75, 3.05) is 0 Å². The number of aliphatic carboxylic acids is 2. The number of hydrogen-bond acceptors (Lipinski definition) is 4. The van der Waals surface area contributed by atoms with Gasteiger partial charge in [0.2, 0.25) is 0 Å². The van der Waals surface area contributed by atoms with E-state index in [0.29, 0.717) is 0 Å². The van der Waals surface area contributed by atoms with Crippen molar-refractivity contribution < 1.29 is 58.1 Å². The molecular formula is C4H10CdO6.